The third-order valence-corrected chi connectivity index (χ3v) is 3.38. The molecule has 0 saturated carbocycles. The van der Waals surface area contributed by atoms with Crippen molar-refractivity contribution in [2.24, 2.45) is 7.05 Å². The molecule has 0 aliphatic rings. The molecule has 0 fully saturated rings. The lowest BCUT2D eigenvalue weighted by atomic mass is 10.2. The van der Waals surface area contributed by atoms with E-state index in [1.807, 2.05) is 0 Å². The third kappa shape index (κ3) is 1.62. The van der Waals surface area contributed by atoms with Crippen LogP contribution in [0.4, 0.5) is 0 Å². The maximum Gasteiger partial charge on any atom is 0.115 e. The highest BCUT2D eigenvalue weighted by Crippen LogP contribution is 2.35. The number of hydrogen-bond acceptors (Lipinski definition) is 1. The maximum atomic E-state index is 9.23. The molecule has 80 valence electrons. The summed E-state index contributed by atoms with van der Waals surface area (Å²) in [6.45, 7) is -0.132. The quantitative estimate of drug-likeness (QED) is 0.836. The molecule has 1 heterocycles. The predicted octanol–water partition coefficient (Wildman–Crippen LogP) is 3.63. The zero-order valence-electron chi connectivity index (χ0n) is 7.89. The summed E-state index contributed by atoms with van der Waals surface area (Å²) in [5.74, 6) is 0. The fourth-order valence-corrected chi connectivity index (χ4v) is 2.57. The average Bonchev–Trinajstić information content (AvgIpc) is 2.39. The van der Waals surface area contributed by atoms with Crippen LogP contribution < -0.4 is 0 Å². The summed E-state index contributed by atoms with van der Waals surface area (Å²) in [6.07, 6.45) is 0. The molecule has 0 aliphatic heterocycles. The van der Waals surface area contributed by atoms with E-state index < -0.39 is 0 Å². The fraction of sp³-hybridized carbons (Fsp3) is 0.200. The number of benzene rings is 1. The van der Waals surface area contributed by atoms with Crippen molar-refractivity contribution < 1.29 is 5.11 Å². The van der Waals surface area contributed by atoms with E-state index in [-0.39, 0.29) is 6.61 Å². The van der Waals surface area contributed by atoms with Gasteiger partial charge in [-0.3, -0.25) is 0 Å². The minimum Gasteiger partial charge on any atom is -0.392 e. The molecular formula is C10H8Cl3NO. The smallest absolute Gasteiger partial charge is 0.115 e. The van der Waals surface area contributed by atoms with Gasteiger partial charge in [-0.1, -0.05) is 34.8 Å². The van der Waals surface area contributed by atoms with Crippen molar-refractivity contribution in [1.29, 1.82) is 0 Å². The minimum atomic E-state index is -0.132. The zero-order valence-corrected chi connectivity index (χ0v) is 10.2. The lowest BCUT2D eigenvalue weighted by Crippen LogP contribution is -1.88. The minimum absolute atomic E-state index is 0.132. The molecule has 15 heavy (non-hydrogen) atoms. The van der Waals surface area contributed by atoms with Gasteiger partial charge < -0.3 is 9.67 Å². The van der Waals surface area contributed by atoms with Crippen molar-refractivity contribution in [3.63, 3.8) is 0 Å². The number of fused-ring (bicyclic) bond motifs is 1. The summed E-state index contributed by atoms with van der Waals surface area (Å²) in [5.41, 5.74) is 1.44. The lowest BCUT2D eigenvalue weighted by molar-refractivity contribution is 0.283. The second kappa shape index (κ2) is 3.87. The Morgan fingerprint density at radius 2 is 1.93 bits per heavy atom. The summed E-state index contributed by atoms with van der Waals surface area (Å²) >= 11 is 18.0. The van der Waals surface area contributed by atoms with Crippen LogP contribution in [0.15, 0.2) is 12.1 Å². The molecule has 0 amide bonds. The monoisotopic (exact) mass is 263 g/mol. The topological polar surface area (TPSA) is 25.2 Å². The molecule has 1 N–H and O–H groups in total. The Bertz CT molecular complexity index is 533. The Kier molecular flexibility index (Phi) is 2.86. The highest BCUT2D eigenvalue weighted by molar-refractivity contribution is 6.39. The molecular weight excluding hydrogens is 256 g/mol. The van der Waals surface area contributed by atoms with Gasteiger partial charge in [-0.15, -0.1) is 0 Å². The van der Waals surface area contributed by atoms with Crippen LogP contribution >= 0.6 is 34.8 Å². The van der Waals surface area contributed by atoms with Gasteiger partial charge in [0.15, 0.2) is 0 Å². The lowest BCUT2D eigenvalue weighted by Gasteiger charge is -2.00. The van der Waals surface area contributed by atoms with Crippen LogP contribution in [0.3, 0.4) is 0 Å². The number of halogens is 3. The second-order valence-corrected chi connectivity index (χ2v) is 4.47. The van der Waals surface area contributed by atoms with E-state index in [1.54, 1.807) is 23.7 Å². The molecule has 0 spiro atoms. The molecule has 2 aromatic rings. The van der Waals surface area contributed by atoms with Crippen molar-refractivity contribution in [2.45, 2.75) is 6.61 Å². The normalized spacial score (nSPS) is 11.3. The van der Waals surface area contributed by atoms with Gasteiger partial charge in [-0.05, 0) is 12.1 Å². The second-order valence-electron chi connectivity index (χ2n) is 3.27. The van der Waals surface area contributed by atoms with Crippen molar-refractivity contribution in [2.75, 3.05) is 0 Å². The highest BCUT2D eigenvalue weighted by Gasteiger charge is 2.15. The number of nitrogens with zero attached hydrogens (tertiary/aromatic N) is 1. The summed E-state index contributed by atoms with van der Waals surface area (Å²) in [5, 5.41) is 11.6. The highest BCUT2D eigenvalue weighted by atomic mass is 35.5. The van der Waals surface area contributed by atoms with Crippen molar-refractivity contribution >= 4 is 45.7 Å². The standard InChI is InChI=1S/C10H8Cl3NO/c1-14-9-6(7(4-15)10(14)13)2-5(11)3-8(9)12/h2-3,15H,4H2,1H3. The number of aryl methyl sites for hydroxylation is 1. The molecule has 2 nitrogen and oxygen atoms in total. The van der Waals surface area contributed by atoms with Gasteiger partial charge in [-0.2, -0.15) is 0 Å². The van der Waals surface area contributed by atoms with Gasteiger partial charge in [0.05, 0.1) is 17.1 Å². The molecule has 0 bridgehead atoms. The van der Waals surface area contributed by atoms with Crippen LogP contribution in [0.1, 0.15) is 5.56 Å². The summed E-state index contributed by atoms with van der Waals surface area (Å²) in [4.78, 5) is 0. The Balaban J connectivity index is 2.97. The van der Waals surface area contributed by atoms with E-state index in [1.165, 1.54) is 0 Å². The van der Waals surface area contributed by atoms with E-state index in [9.17, 15) is 5.11 Å². The molecule has 1 aromatic heterocycles. The van der Waals surface area contributed by atoms with Gasteiger partial charge in [0.1, 0.15) is 5.15 Å². The number of hydrogen-bond donors (Lipinski definition) is 1. The van der Waals surface area contributed by atoms with Gasteiger partial charge in [-0.25, -0.2) is 0 Å². The van der Waals surface area contributed by atoms with Crippen LogP contribution in [-0.4, -0.2) is 9.67 Å². The van der Waals surface area contributed by atoms with Crippen LogP contribution in [0.5, 0.6) is 0 Å². The molecule has 0 aliphatic carbocycles. The first-order chi connectivity index (χ1) is 7.06. The Morgan fingerprint density at radius 3 is 2.53 bits per heavy atom. The molecule has 0 atom stereocenters. The van der Waals surface area contributed by atoms with Gasteiger partial charge in [0.25, 0.3) is 0 Å². The first-order valence-corrected chi connectivity index (χ1v) is 5.42. The van der Waals surface area contributed by atoms with Crippen molar-refractivity contribution in [1.82, 2.24) is 4.57 Å². The third-order valence-electron chi connectivity index (χ3n) is 2.39. The zero-order chi connectivity index (χ0) is 11.2. The molecule has 2 rings (SSSR count). The summed E-state index contributed by atoms with van der Waals surface area (Å²) in [6, 6.07) is 3.41. The summed E-state index contributed by atoms with van der Waals surface area (Å²) < 4.78 is 1.74. The van der Waals surface area contributed by atoms with Crippen LogP contribution in [0, 0.1) is 0 Å². The first kappa shape index (κ1) is 11.1. The summed E-state index contributed by atoms with van der Waals surface area (Å²) in [7, 11) is 1.80. The predicted molar refractivity (Wildman–Crippen MR) is 63.9 cm³/mol. The van der Waals surface area contributed by atoms with E-state index in [4.69, 9.17) is 34.8 Å². The van der Waals surface area contributed by atoms with E-state index >= 15 is 0 Å². The van der Waals surface area contributed by atoms with Crippen molar-refractivity contribution in [3.8, 4) is 0 Å². The average molecular weight is 265 g/mol. The first-order valence-electron chi connectivity index (χ1n) is 4.29. The van der Waals surface area contributed by atoms with E-state index in [0.29, 0.717) is 20.8 Å². The SMILES string of the molecule is Cn1c(Cl)c(CO)c2cc(Cl)cc(Cl)c21. The fourth-order valence-electron chi connectivity index (χ4n) is 1.70. The van der Waals surface area contributed by atoms with Crippen LogP contribution in [0.2, 0.25) is 15.2 Å². The van der Waals surface area contributed by atoms with Gasteiger partial charge >= 0.3 is 0 Å². The number of aromatic nitrogens is 1. The van der Waals surface area contributed by atoms with Crippen LogP contribution in [0.25, 0.3) is 10.9 Å². The number of rotatable bonds is 1. The van der Waals surface area contributed by atoms with Gasteiger partial charge in [0.2, 0.25) is 0 Å². The molecule has 0 unspecified atom stereocenters. The molecule has 0 saturated heterocycles. The van der Waals surface area contributed by atoms with E-state index in [2.05, 4.69) is 0 Å². The largest absolute Gasteiger partial charge is 0.392 e. The number of aliphatic hydroxyl groups excluding tert-OH is 1. The Labute approximate surface area is 102 Å². The van der Waals surface area contributed by atoms with E-state index in [0.717, 1.165) is 10.9 Å². The number of aliphatic hydroxyl groups is 1. The molecule has 5 heteroatoms. The van der Waals surface area contributed by atoms with Gasteiger partial charge in [0, 0.05) is 23.0 Å². The molecule has 1 aromatic carbocycles. The van der Waals surface area contributed by atoms with Crippen LogP contribution in [-0.2, 0) is 13.7 Å². The Hall–Kier alpha value is -0.410. The Morgan fingerprint density at radius 1 is 1.27 bits per heavy atom. The maximum absolute atomic E-state index is 9.23. The van der Waals surface area contributed by atoms with Crippen molar-refractivity contribution in [3.05, 3.63) is 32.9 Å². The molecule has 0 radical (unpaired) electrons.